The van der Waals surface area contributed by atoms with Gasteiger partial charge in [-0.25, -0.2) is 0 Å². The summed E-state index contributed by atoms with van der Waals surface area (Å²) in [6.45, 7) is 12.0. The lowest BCUT2D eigenvalue weighted by atomic mass is 9.82. The Labute approximate surface area is 169 Å². The minimum absolute atomic E-state index is 0.125. The van der Waals surface area contributed by atoms with E-state index >= 15 is 0 Å². The van der Waals surface area contributed by atoms with Gasteiger partial charge in [0.1, 0.15) is 5.69 Å². The van der Waals surface area contributed by atoms with Gasteiger partial charge >= 0.3 is 11.1 Å². The maximum atomic E-state index is 11.8. The first-order valence-corrected chi connectivity index (χ1v) is 9.39. The fourth-order valence-corrected chi connectivity index (χ4v) is 3.11. The third-order valence-electron chi connectivity index (χ3n) is 4.94. The molecular formula is C23H25N3O3. The van der Waals surface area contributed by atoms with E-state index in [1.165, 1.54) is 5.57 Å². The van der Waals surface area contributed by atoms with Crippen LogP contribution < -0.4 is 11.1 Å². The van der Waals surface area contributed by atoms with Gasteiger partial charge in [0.2, 0.25) is 5.88 Å². The van der Waals surface area contributed by atoms with Gasteiger partial charge in [-0.15, -0.1) is 6.58 Å². The Hall–Kier alpha value is -3.41. The average Bonchev–Trinajstić information content (AvgIpc) is 3.03. The Morgan fingerprint density at radius 3 is 2.55 bits per heavy atom. The zero-order valence-electron chi connectivity index (χ0n) is 17.1. The summed E-state index contributed by atoms with van der Waals surface area (Å²) < 4.78 is 0. The SMILES string of the molecule is C=CC(C)(C)C1=Nc2ccc(CC=C(C)C)cc2C1=Cc1[nH]c(=O)c(=O)[nH]c1O. The first-order valence-electron chi connectivity index (χ1n) is 9.39. The normalized spacial score (nSPS) is 14.5. The van der Waals surface area contributed by atoms with Gasteiger partial charge in [-0.2, -0.15) is 0 Å². The molecule has 29 heavy (non-hydrogen) atoms. The quantitative estimate of drug-likeness (QED) is 0.528. The molecule has 0 unspecified atom stereocenters. The number of aromatic nitrogens is 2. The van der Waals surface area contributed by atoms with Crippen molar-refractivity contribution in [3.05, 3.63) is 80.0 Å². The lowest BCUT2D eigenvalue weighted by Gasteiger charge is -2.21. The molecule has 1 aliphatic rings. The van der Waals surface area contributed by atoms with Crippen LogP contribution in [0.4, 0.5) is 5.69 Å². The highest BCUT2D eigenvalue weighted by atomic mass is 16.3. The predicted octanol–water partition coefficient (Wildman–Crippen LogP) is 4.12. The maximum absolute atomic E-state index is 11.8. The number of nitrogens with zero attached hydrogens (tertiary/aromatic N) is 1. The molecule has 2 heterocycles. The summed E-state index contributed by atoms with van der Waals surface area (Å²) in [5, 5.41) is 10.1. The number of aliphatic imine (C=N–C) groups is 1. The van der Waals surface area contributed by atoms with Gasteiger partial charge in [-0.05, 0) is 44.0 Å². The first-order chi connectivity index (χ1) is 13.6. The first kappa shape index (κ1) is 20.3. The maximum Gasteiger partial charge on any atom is 0.316 e. The minimum atomic E-state index is -0.902. The van der Waals surface area contributed by atoms with E-state index in [1.54, 1.807) is 6.08 Å². The van der Waals surface area contributed by atoms with Crippen LogP contribution in [0, 0.1) is 5.41 Å². The summed E-state index contributed by atoms with van der Waals surface area (Å²) in [7, 11) is 0. The highest BCUT2D eigenvalue weighted by Gasteiger charge is 2.31. The van der Waals surface area contributed by atoms with Crippen LogP contribution in [-0.2, 0) is 6.42 Å². The van der Waals surface area contributed by atoms with Crippen molar-refractivity contribution in [1.29, 1.82) is 0 Å². The molecule has 6 heteroatoms. The van der Waals surface area contributed by atoms with Gasteiger partial charge in [0.15, 0.2) is 0 Å². The third kappa shape index (κ3) is 4.06. The van der Waals surface area contributed by atoms with Crippen molar-refractivity contribution in [1.82, 2.24) is 9.97 Å². The Bertz CT molecular complexity index is 1190. The summed E-state index contributed by atoms with van der Waals surface area (Å²) >= 11 is 0. The van der Waals surface area contributed by atoms with Crippen molar-refractivity contribution < 1.29 is 5.11 Å². The van der Waals surface area contributed by atoms with E-state index in [9.17, 15) is 14.7 Å². The van der Waals surface area contributed by atoms with E-state index in [4.69, 9.17) is 4.99 Å². The average molecular weight is 391 g/mol. The summed E-state index contributed by atoms with van der Waals surface area (Å²) in [6, 6.07) is 6.08. The monoisotopic (exact) mass is 391 g/mol. The van der Waals surface area contributed by atoms with E-state index < -0.39 is 22.4 Å². The summed E-state index contributed by atoms with van der Waals surface area (Å²) in [6.07, 6.45) is 6.41. The number of H-pyrrole nitrogens is 2. The molecule has 1 aromatic carbocycles. The summed E-state index contributed by atoms with van der Waals surface area (Å²) in [5.74, 6) is -0.396. The van der Waals surface area contributed by atoms with Gasteiger partial charge in [-0.3, -0.25) is 19.6 Å². The molecule has 150 valence electrons. The molecule has 0 fully saturated rings. The number of aromatic amines is 2. The van der Waals surface area contributed by atoms with Gasteiger partial charge in [-0.1, -0.05) is 37.6 Å². The number of aromatic hydroxyl groups is 1. The van der Waals surface area contributed by atoms with Gasteiger partial charge < -0.3 is 10.1 Å². The van der Waals surface area contributed by atoms with Crippen molar-refractivity contribution in [3.63, 3.8) is 0 Å². The molecule has 0 saturated carbocycles. The second-order valence-corrected chi connectivity index (χ2v) is 7.95. The lowest BCUT2D eigenvalue weighted by Crippen LogP contribution is -2.29. The molecule has 0 amide bonds. The molecule has 1 aromatic heterocycles. The number of nitrogens with one attached hydrogen (secondary N) is 2. The number of allylic oxidation sites excluding steroid dienone is 4. The van der Waals surface area contributed by atoms with Gasteiger partial charge in [0.05, 0.1) is 11.4 Å². The molecule has 0 atom stereocenters. The largest absolute Gasteiger partial charge is 0.493 e. The van der Waals surface area contributed by atoms with Crippen LogP contribution in [0.25, 0.3) is 11.6 Å². The third-order valence-corrected chi connectivity index (χ3v) is 4.94. The highest BCUT2D eigenvalue weighted by molar-refractivity contribution is 6.34. The molecule has 2 aromatic rings. The predicted molar refractivity (Wildman–Crippen MR) is 118 cm³/mol. The fourth-order valence-electron chi connectivity index (χ4n) is 3.11. The number of hydrogen-bond acceptors (Lipinski definition) is 4. The van der Waals surface area contributed by atoms with E-state index in [0.717, 1.165) is 34.5 Å². The van der Waals surface area contributed by atoms with Crippen molar-refractivity contribution in [2.45, 2.75) is 34.1 Å². The lowest BCUT2D eigenvalue weighted by molar-refractivity contribution is 0.446. The van der Waals surface area contributed by atoms with Crippen LogP contribution in [0.3, 0.4) is 0 Å². The smallest absolute Gasteiger partial charge is 0.316 e. The van der Waals surface area contributed by atoms with E-state index in [1.807, 2.05) is 32.1 Å². The number of rotatable bonds is 5. The summed E-state index contributed by atoms with van der Waals surface area (Å²) in [4.78, 5) is 32.6. The Morgan fingerprint density at radius 2 is 1.90 bits per heavy atom. The van der Waals surface area contributed by atoms with Crippen molar-refractivity contribution in [3.8, 4) is 5.88 Å². The number of benzene rings is 1. The molecule has 0 radical (unpaired) electrons. The highest BCUT2D eigenvalue weighted by Crippen LogP contribution is 2.42. The fraction of sp³-hybridized carbons (Fsp3) is 0.261. The molecule has 0 aliphatic carbocycles. The number of fused-ring (bicyclic) bond motifs is 1. The Kier molecular flexibility index (Phi) is 5.29. The molecule has 0 spiro atoms. The zero-order valence-corrected chi connectivity index (χ0v) is 17.1. The van der Waals surface area contributed by atoms with Crippen LogP contribution in [0.2, 0.25) is 0 Å². The van der Waals surface area contributed by atoms with Crippen molar-refractivity contribution >= 4 is 23.0 Å². The van der Waals surface area contributed by atoms with E-state index in [0.29, 0.717) is 0 Å². The molecule has 3 N–H and O–H groups in total. The zero-order chi connectivity index (χ0) is 21.3. The molecule has 3 rings (SSSR count). The van der Waals surface area contributed by atoms with Crippen LogP contribution in [-0.4, -0.2) is 20.8 Å². The molecule has 1 aliphatic heterocycles. The van der Waals surface area contributed by atoms with Crippen LogP contribution in [0.15, 0.2) is 57.1 Å². The number of hydrogen-bond donors (Lipinski definition) is 3. The Morgan fingerprint density at radius 1 is 1.21 bits per heavy atom. The molecule has 6 nitrogen and oxygen atoms in total. The topological polar surface area (TPSA) is 98.3 Å². The molecular weight excluding hydrogens is 366 g/mol. The van der Waals surface area contributed by atoms with E-state index in [2.05, 4.69) is 42.5 Å². The summed E-state index contributed by atoms with van der Waals surface area (Å²) in [5.41, 5.74) is 3.57. The molecule has 0 bridgehead atoms. The van der Waals surface area contributed by atoms with Crippen molar-refractivity contribution in [2.75, 3.05) is 0 Å². The minimum Gasteiger partial charge on any atom is -0.493 e. The van der Waals surface area contributed by atoms with Crippen LogP contribution in [0.5, 0.6) is 5.88 Å². The second-order valence-electron chi connectivity index (χ2n) is 7.95. The van der Waals surface area contributed by atoms with Crippen LogP contribution >= 0.6 is 0 Å². The van der Waals surface area contributed by atoms with Crippen LogP contribution in [0.1, 0.15) is 44.5 Å². The molecule has 0 saturated heterocycles. The second kappa shape index (κ2) is 7.54. The van der Waals surface area contributed by atoms with E-state index in [-0.39, 0.29) is 5.69 Å². The van der Waals surface area contributed by atoms with Gasteiger partial charge in [0.25, 0.3) is 0 Å². The van der Waals surface area contributed by atoms with Crippen molar-refractivity contribution in [2.24, 2.45) is 10.4 Å². The Balaban J connectivity index is 2.21. The van der Waals surface area contributed by atoms with Gasteiger partial charge in [0, 0.05) is 16.6 Å². The standard InChI is InChI=1S/C23H25N3O3/c1-6-23(4,5)19-16(12-18-20(27)26-22(29)21(28)25-18)15-11-14(8-7-13(2)3)9-10-17(15)24-19/h6-7,9-12H,1,8H2,2-5H3,(H,25,28)(H2,26,27,29).